The highest BCUT2D eigenvalue weighted by Crippen LogP contribution is 0.581. The second-order valence-electron chi connectivity index (χ2n) is 0. The summed E-state index contributed by atoms with van der Waals surface area (Å²) in [5, 5.41) is 0. The summed E-state index contributed by atoms with van der Waals surface area (Å²) >= 11 is 0. The predicted octanol–water partition coefficient (Wildman–Crippen LogP) is 4.32. The van der Waals surface area contributed by atoms with E-state index in [2.05, 4.69) is 12.8 Å². The fraction of sp³-hybridized carbons (Fsp3) is 0.600. The van der Waals surface area contributed by atoms with Crippen LogP contribution in [0.2, 0.25) is 0 Å². The highest BCUT2D eigenvalue weighted by Gasteiger charge is 0.456. The van der Waals surface area contributed by atoms with Crippen molar-refractivity contribution < 1.29 is 8.22 Å². The van der Waals surface area contributed by atoms with Crippen molar-refractivity contribution in [3.05, 3.63) is 0 Å². The molecule has 0 aliphatic carbocycles. The van der Waals surface area contributed by atoms with Crippen molar-refractivity contribution in [3.8, 4) is 25.6 Å². The van der Waals surface area contributed by atoms with Crippen LogP contribution in [0, 0.1) is 25.6 Å². The van der Waals surface area contributed by atoms with E-state index in [4.69, 9.17) is 8.22 Å². The van der Waals surface area contributed by atoms with Crippen molar-refractivity contribution >= 4 is 0 Å². The molecule has 0 aliphatic heterocycles. The van der Waals surface area contributed by atoms with Crippen molar-refractivity contribution in [1.82, 2.24) is 0 Å². The molecule has 0 N–H and O–H groups in total. The third kappa shape index (κ3) is 344. The van der Waals surface area contributed by atoms with Crippen molar-refractivity contribution in [1.29, 1.82) is 0 Å². The van der Waals surface area contributed by atoms with Gasteiger partial charge in [-0.2, -0.15) is 0 Å². The van der Waals surface area contributed by atoms with E-state index in [1.165, 1.54) is 12.8 Å². The minimum atomic E-state index is -0.250. The molecule has 0 aromatic carbocycles. The maximum absolute atomic E-state index is 5.88. The van der Waals surface area contributed by atoms with Gasteiger partial charge < -0.3 is 0 Å². The lowest BCUT2D eigenvalue weighted by Gasteiger charge is -0.701. The molecule has 0 spiro atoms. The molecule has 0 rings (SSSR count). The second kappa shape index (κ2) is 532. The Labute approximate surface area is 79.5 Å². The molecule has 0 nitrogen and oxygen atoms in total. The fourth-order valence-electron chi connectivity index (χ4n) is 0. The van der Waals surface area contributed by atoms with Crippen LogP contribution in [0.4, 0.5) is 0 Å². The summed E-state index contributed by atoms with van der Waals surface area (Å²) in [6, 6.07) is 0. The van der Waals surface area contributed by atoms with Crippen LogP contribution in [0.25, 0.3) is 0 Å². The van der Waals surface area contributed by atoms with Gasteiger partial charge in [0.15, 0.2) is 0 Å². The fourth-order valence-corrected chi connectivity index (χ4v) is 0. The molecule has 0 amide bonds. The Balaban J connectivity index is -0.00000000821. The van der Waals surface area contributed by atoms with Crippen LogP contribution in [0.5, 0.6) is 0 Å². The molecular weight excluding hydrogens is 120 g/mol. The van der Waals surface area contributed by atoms with Gasteiger partial charge >= 0.3 is 0 Å². The van der Waals surface area contributed by atoms with Crippen LogP contribution in [-0.2, 0) is 0 Å². The third-order valence-electron chi connectivity index (χ3n) is 0. The normalized spacial score (nSPS) is 5.80. The lowest BCUT2D eigenvalue weighted by molar-refractivity contribution is 2.50. The van der Waals surface area contributed by atoms with E-state index < -0.39 is 0 Å². The molecule has 68 valence electrons. The molecule has 0 atom stereocenters. The lowest BCUT2D eigenvalue weighted by atomic mass is 11.4. The molecule has 0 aromatic heterocycles. The van der Waals surface area contributed by atoms with E-state index in [1.807, 2.05) is 0 Å². The van der Waals surface area contributed by atoms with Gasteiger partial charge in [0, 0.05) is 5.48 Å². The number of hydrogen-bond donors (Lipinski definition) is 0. The molecule has 0 fully saturated rings. The molecule has 0 saturated carbocycles. The first-order valence-electron chi connectivity index (χ1n) is 4.41. The molecule has 0 aliphatic rings. The first-order valence-corrected chi connectivity index (χ1v) is 0.577. The van der Waals surface area contributed by atoms with Crippen LogP contribution in [0.1, 0.15) is 52.7 Å². The summed E-state index contributed by atoms with van der Waals surface area (Å²) in [5.74, 6) is 0. The quantitative estimate of drug-likeness (QED) is 0.463. The number of hydrogen-bond acceptors (Lipinski definition) is 0. The van der Waals surface area contributed by atoms with E-state index >= 15 is 0 Å². The average Bonchev–Trinajstić information content (AvgIpc) is 1.92. The Kier molecular flexibility index (Phi) is 631. The van der Waals surface area contributed by atoms with Crippen LogP contribution in [-0.4, -0.2) is 0 Å². The highest BCUT2D eigenvalue weighted by atomic mass is 12.6. The third-order valence-corrected chi connectivity index (χ3v) is 0. The summed E-state index contributed by atoms with van der Waals surface area (Å²) in [6.45, 7) is 0. The zero-order valence-corrected chi connectivity index (χ0v) is 3.57. The number of terminal acetylenes is 2. The van der Waals surface area contributed by atoms with Crippen molar-refractivity contribution in [2.75, 3.05) is 0 Å². The van der Waals surface area contributed by atoms with Crippen molar-refractivity contribution in [2.45, 2.75) is 44.5 Å². The summed E-state index contributed by atoms with van der Waals surface area (Å²) in [6.07, 6.45) is 11.5. The van der Waals surface area contributed by atoms with E-state index in [0.29, 0.717) is 0 Å². The molecule has 0 heteroatoms. The predicted molar refractivity (Wildman–Crippen MR) is 60.2 cm³/mol. The molecule has 0 aromatic rings. The molecule has 0 bridgehead atoms. The van der Waals surface area contributed by atoms with Gasteiger partial charge in [-0.05, 0) is 0 Å². The Morgan fingerprint density at radius 3 is 0.800 bits per heavy atom. The lowest BCUT2D eigenvalue weighted by Crippen LogP contribution is -0.576. The smallest absolute Gasteiger partial charge is 0.124 e. The zero-order valence-electron chi connectivity index (χ0n) is 9.57. The van der Waals surface area contributed by atoms with Crippen molar-refractivity contribution in [2.24, 2.45) is 0 Å². The first kappa shape index (κ1) is 11.9. The first-order chi connectivity index (χ1) is 5.66. The monoisotopic (exact) mass is 160 g/mol. The summed E-state index contributed by atoms with van der Waals surface area (Å²) in [4.78, 5) is 0. The van der Waals surface area contributed by atoms with Gasteiger partial charge in [0.05, 0.1) is 0 Å². The molecule has 0 unspecified atom stereocenters. The van der Waals surface area contributed by atoms with E-state index in [1.54, 1.807) is 0 Å². The van der Waals surface area contributed by atoms with E-state index in [9.17, 15) is 0 Å². The topological polar surface area (TPSA) is 0 Å². The number of rotatable bonds is 0. The standard InChI is InChI=1S/2C2H2.6CH4/c2*1-2;;;;;;/h2*1-2H;6*1H4/i2*1T;2*1T2;;;;. The maximum atomic E-state index is 5.88. The summed E-state index contributed by atoms with van der Waals surface area (Å²) < 4.78 is 35.0. The SMILES string of the molecule is C.C.C.C.[3H]C#C.[3H]C#C.[3H]C[3H].[3H]C[3H]. The minimum Gasteiger partial charge on any atom is -0.124 e. The second-order valence-corrected chi connectivity index (χ2v) is 0. The van der Waals surface area contributed by atoms with Gasteiger partial charge in [-0.1, -0.05) is 44.5 Å². The van der Waals surface area contributed by atoms with Crippen LogP contribution in [0.3, 0.4) is 0 Å². The van der Waals surface area contributed by atoms with E-state index in [-0.39, 0.29) is 44.5 Å². The summed E-state index contributed by atoms with van der Waals surface area (Å²) in [7, 11) is -0.500. The van der Waals surface area contributed by atoms with Gasteiger partial charge in [0.1, 0.15) is 2.74 Å². The van der Waals surface area contributed by atoms with Gasteiger partial charge in [0.25, 0.3) is 0 Å². The Morgan fingerprint density at radius 1 is 0.800 bits per heavy atom. The average molecular weight is 160 g/mol. The van der Waals surface area contributed by atoms with E-state index in [0.717, 1.165) is 0 Å². The Bertz CT molecular complexity index is 88.9. The zero-order chi connectivity index (χ0) is 10.8. The van der Waals surface area contributed by atoms with Gasteiger partial charge in [-0.25, -0.2) is 0 Å². The van der Waals surface area contributed by atoms with Crippen LogP contribution >= 0.6 is 0 Å². The molecule has 10 heavy (non-hydrogen) atoms. The largest absolute Gasteiger partial charge is 0.124 e. The molecule has 0 radical (unpaired) electrons. The minimum absolute atomic E-state index is 0. The molecule has 0 heterocycles. The van der Waals surface area contributed by atoms with Crippen LogP contribution in [0.15, 0.2) is 0 Å². The summed E-state index contributed by atoms with van der Waals surface area (Å²) in [5.41, 5.74) is 0. The maximum Gasteiger partial charge on any atom is 0.124 e. The molecule has 0 saturated heterocycles. The molecular formula is C10H28. The van der Waals surface area contributed by atoms with Crippen molar-refractivity contribution in [3.63, 3.8) is 0 Å². The Morgan fingerprint density at radius 2 is 0.800 bits per heavy atom. The van der Waals surface area contributed by atoms with Gasteiger partial charge in [-0.15, -0.1) is 25.6 Å². The van der Waals surface area contributed by atoms with Gasteiger partial charge in [0.2, 0.25) is 0 Å². The Hall–Kier alpha value is -0.880. The highest BCUT2D eigenvalue weighted by molar-refractivity contribution is 4.47. The van der Waals surface area contributed by atoms with Crippen LogP contribution < -0.4 is 0 Å². The van der Waals surface area contributed by atoms with Gasteiger partial charge in [-0.3, -0.25) is 0 Å².